The molecule has 1 aromatic carbocycles. The molecule has 0 aliphatic carbocycles. The Morgan fingerprint density at radius 1 is 1.02 bits per heavy atom. The first-order valence-electron chi connectivity index (χ1n) is 14.9. The zero-order valence-corrected chi connectivity index (χ0v) is 26.0. The van der Waals surface area contributed by atoms with Crippen LogP contribution in [0.2, 0.25) is 0 Å². The van der Waals surface area contributed by atoms with Crippen LogP contribution in [0.15, 0.2) is 30.5 Å². The van der Waals surface area contributed by atoms with Crippen molar-refractivity contribution in [2.75, 3.05) is 26.4 Å². The molecule has 0 unspecified atom stereocenters. The Labute approximate surface area is 253 Å². The highest BCUT2D eigenvalue weighted by Crippen LogP contribution is 2.18. The average molecular weight is 599 g/mol. The Kier molecular flexibility index (Phi) is 12.5. The molecule has 0 saturated heterocycles. The van der Waals surface area contributed by atoms with E-state index >= 15 is 0 Å². The van der Waals surface area contributed by atoms with E-state index in [4.69, 9.17) is 9.47 Å². The van der Waals surface area contributed by atoms with E-state index in [1.54, 1.807) is 7.05 Å². The van der Waals surface area contributed by atoms with Crippen LogP contribution in [0.25, 0.3) is 0 Å². The second-order valence-corrected chi connectivity index (χ2v) is 12.2. The van der Waals surface area contributed by atoms with Crippen molar-refractivity contribution < 1.29 is 28.7 Å². The fourth-order valence-corrected chi connectivity index (χ4v) is 4.32. The predicted molar refractivity (Wildman–Crippen MR) is 161 cm³/mol. The Morgan fingerprint density at radius 3 is 2.42 bits per heavy atom. The topological polar surface area (TPSA) is 153 Å². The lowest BCUT2D eigenvalue weighted by Gasteiger charge is -2.24. The van der Waals surface area contributed by atoms with Crippen molar-refractivity contribution in [1.82, 2.24) is 31.0 Å². The highest BCUT2D eigenvalue weighted by Gasteiger charge is 2.31. The molecule has 12 nitrogen and oxygen atoms in total. The van der Waals surface area contributed by atoms with Gasteiger partial charge in [-0.3, -0.25) is 19.2 Å². The van der Waals surface area contributed by atoms with Crippen molar-refractivity contribution in [3.63, 3.8) is 0 Å². The van der Waals surface area contributed by atoms with Crippen molar-refractivity contribution in [2.45, 2.75) is 78.4 Å². The van der Waals surface area contributed by atoms with Gasteiger partial charge in [-0.1, -0.05) is 57.0 Å². The zero-order chi connectivity index (χ0) is 31.4. The number of nitrogens with zero attached hydrogens (tertiary/aromatic N) is 2. The molecular formula is C31H46N6O6. The van der Waals surface area contributed by atoms with Gasteiger partial charge in [0.1, 0.15) is 17.6 Å². The summed E-state index contributed by atoms with van der Waals surface area (Å²) in [5.74, 6) is -1.88. The van der Waals surface area contributed by atoms with Gasteiger partial charge in [-0.2, -0.15) is 5.10 Å². The Hall–Kier alpha value is -3.93. The van der Waals surface area contributed by atoms with E-state index in [1.165, 1.54) is 10.9 Å². The molecule has 4 amide bonds. The Balaban J connectivity index is 1.82. The summed E-state index contributed by atoms with van der Waals surface area (Å²) >= 11 is 0. The molecular weight excluding hydrogens is 552 g/mol. The van der Waals surface area contributed by atoms with Gasteiger partial charge < -0.3 is 30.7 Å². The maximum absolute atomic E-state index is 13.6. The van der Waals surface area contributed by atoms with E-state index in [-0.39, 0.29) is 36.4 Å². The quantitative estimate of drug-likeness (QED) is 0.398. The van der Waals surface area contributed by atoms with Crippen LogP contribution < -0.4 is 26.0 Å². The molecule has 0 fully saturated rings. The van der Waals surface area contributed by atoms with Gasteiger partial charge in [-0.15, -0.1) is 0 Å². The minimum atomic E-state index is -1.27. The minimum Gasteiger partial charge on any atom is -0.477 e. The normalized spacial score (nSPS) is 19.2. The molecule has 4 N–H and O–H groups in total. The molecule has 236 valence electrons. The van der Waals surface area contributed by atoms with Crippen molar-refractivity contribution >= 4 is 23.6 Å². The van der Waals surface area contributed by atoms with Crippen LogP contribution in [0.5, 0.6) is 5.88 Å². The largest absolute Gasteiger partial charge is 0.477 e. The molecule has 2 heterocycles. The van der Waals surface area contributed by atoms with E-state index in [0.29, 0.717) is 19.8 Å². The molecule has 0 spiro atoms. The van der Waals surface area contributed by atoms with Crippen LogP contribution in [0, 0.1) is 12.3 Å². The van der Waals surface area contributed by atoms with E-state index in [1.807, 2.05) is 52.0 Å². The Morgan fingerprint density at radius 2 is 1.72 bits per heavy atom. The highest BCUT2D eigenvalue weighted by molar-refractivity contribution is 6.01. The lowest BCUT2D eigenvalue weighted by atomic mass is 9.97. The van der Waals surface area contributed by atoms with Gasteiger partial charge in [-0.25, -0.2) is 4.68 Å². The van der Waals surface area contributed by atoms with Gasteiger partial charge in [0.15, 0.2) is 0 Å². The summed E-state index contributed by atoms with van der Waals surface area (Å²) in [6.07, 6.45) is 4.37. The van der Waals surface area contributed by atoms with Gasteiger partial charge >= 0.3 is 0 Å². The highest BCUT2D eigenvalue weighted by atomic mass is 16.5. The van der Waals surface area contributed by atoms with Gasteiger partial charge in [0.2, 0.25) is 23.6 Å². The number of aromatic nitrogens is 2. The fourth-order valence-electron chi connectivity index (χ4n) is 4.32. The summed E-state index contributed by atoms with van der Waals surface area (Å²) in [5.41, 5.74) is 1.98. The first kappa shape index (κ1) is 33.6. The van der Waals surface area contributed by atoms with E-state index in [9.17, 15) is 19.2 Å². The molecule has 3 rings (SSSR count). The summed E-state index contributed by atoms with van der Waals surface area (Å²) in [7, 11) is 1.66. The van der Waals surface area contributed by atoms with Crippen LogP contribution in [0.3, 0.4) is 0 Å². The SMILES string of the molecule is Cc1ccc(CNC(=O)[C@@H]2COCCCCCCOc3c(cnn3C)C(=O)N[C@@H](CC(=O)NCC(C)(C)C)C(=O)N2)cc1. The Bertz CT molecular complexity index is 1240. The zero-order valence-electron chi connectivity index (χ0n) is 26.0. The van der Waals surface area contributed by atoms with Gasteiger partial charge in [0.25, 0.3) is 5.91 Å². The monoisotopic (exact) mass is 598 g/mol. The summed E-state index contributed by atoms with van der Waals surface area (Å²) in [5, 5.41) is 15.2. The smallest absolute Gasteiger partial charge is 0.259 e. The van der Waals surface area contributed by atoms with Crippen LogP contribution >= 0.6 is 0 Å². The second-order valence-electron chi connectivity index (χ2n) is 12.2. The minimum absolute atomic E-state index is 0.0573. The first-order chi connectivity index (χ1) is 20.4. The van der Waals surface area contributed by atoms with Gasteiger partial charge in [0, 0.05) is 26.7 Å². The van der Waals surface area contributed by atoms with Crippen LogP contribution in [-0.4, -0.2) is 71.9 Å². The third-order valence-corrected chi connectivity index (χ3v) is 6.88. The third-order valence-electron chi connectivity index (χ3n) is 6.88. The molecule has 0 bridgehead atoms. The average Bonchev–Trinajstić information content (AvgIpc) is 3.32. The molecule has 2 atom stereocenters. The standard InChI is InChI=1S/C31H46N6O6/c1-21-10-12-22(13-11-21)17-32-28(40)25-19-42-14-8-6-7-9-15-43-30-23(18-34-37(30)5)27(39)35-24(29(41)36-25)16-26(38)33-20-31(2,3)4/h10-13,18,24-25H,6-9,14-17,19-20H2,1-5H3,(H,32,40)(H,33,38)(H,35,39)(H,36,41)/t24-,25-/m0/s1. The molecule has 0 saturated carbocycles. The number of ether oxygens (including phenoxy) is 2. The van der Waals surface area contributed by atoms with Crippen molar-refractivity contribution in [3.05, 3.63) is 47.2 Å². The number of benzene rings is 1. The number of hydrogen-bond donors (Lipinski definition) is 4. The number of amides is 4. The third kappa shape index (κ3) is 11.3. The molecule has 2 aromatic rings. The molecule has 0 radical (unpaired) electrons. The maximum Gasteiger partial charge on any atom is 0.259 e. The molecule has 43 heavy (non-hydrogen) atoms. The summed E-state index contributed by atoms with van der Waals surface area (Å²) in [4.78, 5) is 53.1. The van der Waals surface area contributed by atoms with Crippen LogP contribution in [0.4, 0.5) is 0 Å². The van der Waals surface area contributed by atoms with E-state index in [0.717, 1.165) is 36.8 Å². The van der Waals surface area contributed by atoms with Gasteiger partial charge in [-0.05, 0) is 37.2 Å². The van der Waals surface area contributed by atoms with Gasteiger partial charge in [0.05, 0.1) is 25.8 Å². The molecule has 1 aliphatic rings. The second kappa shape index (κ2) is 16.1. The molecule has 1 aromatic heterocycles. The number of aryl methyl sites for hydroxylation is 2. The maximum atomic E-state index is 13.6. The number of fused-ring (bicyclic) bond motifs is 1. The number of nitrogens with one attached hydrogen (secondary N) is 4. The predicted octanol–water partition coefficient (Wildman–Crippen LogP) is 2.15. The first-order valence-corrected chi connectivity index (χ1v) is 14.9. The number of carbonyl (C=O) groups excluding carboxylic acids is 4. The summed E-state index contributed by atoms with van der Waals surface area (Å²) in [6.45, 7) is 9.30. The number of hydrogen-bond acceptors (Lipinski definition) is 7. The van der Waals surface area contributed by atoms with Crippen molar-refractivity contribution in [2.24, 2.45) is 12.5 Å². The number of rotatable bonds is 6. The van der Waals surface area contributed by atoms with E-state index in [2.05, 4.69) is 26.4 Å². The van der Waals surface area contributed by atoms with Crippen LogP contribution in [0.1, 0.15) is 74.4 Å². The van der Waals surface area contributed by atoms with Crippen LogP contribution in [-0.2, 0) is 32.7 Å². The lowest BCUT2D eigenvalue weighted by Crippen LogP contribution is -2.56. The number of carbonyl (C=O) groups is 4. The fraction of sp³-hybridized carbons (Fsp3) is 0.581. The van der Waals surface area contributed by atoms with Crippen molar-refractivity contribution in [3.8, 4) is 5.88 Å². The van der Waals surface area contributed by atoms with Crippen molar-refractivity contribution in [1.29, 1.82) is 0 Å². The summed E-state index contributed by atoms with van der Waals surface area (Å²) in [6, 6.07) is 5.44. The summed E-state index contributed by atoms with van der Waals surface area (Å²) < 4.78 is 13.1. The van der Waals surface area contributed by atoms with E-state index < -0.39 is 35.7 Å². The lowest BCUT2D eigenvalue weighted by molar-refractivity contribution is -0.132. The molecule has 12 heteroatoms. The molecule has 1 aliphatic heterocycles.